The number of likely N-dealkylation sites (tertiary alicyclic amines) is 1. The molecule has 116 valence electrons. The Bertz CT molecular complexity index is 297. The van der Waals surface area contributed by atoms with Gasteiger partial charge in [-0.2, -0.15) is 0 Å². The lowest BCUT2D eigenvalue weighted by Crippen LogP contribution is -2.52. The molecule has 2 heterocycles. The van der Waals surface area contributed by atoms with Gasteiger partial charge in [-0.25, -0.2) is 4.79 Å². The zero-order chi connectivity index (χ0) is 14.4. The Labute approximate surface area is 122 Å². The van der Waals surface area contributed by atoms with Crippen LogP contribution in [0.15, 0.2) is 0 Å². The van der Waals surface area contributed by atoms with Crippen molar-refractivity contribution < 1.29 is 9.53 Å². The van der Waals surface area contributed by atoms with Crippen LogP contribution in [-0.2, 0) is 4.74 Å². The molecule has 0 bridgehead atoms. The summed E-state index contributed by atoms with van der Waals surface area (Å²) in [7, 11) is 2.15. The van der Waals surface area contributed by atoms with Crippen molar-refractivity contribution in [2.45, 2.75) is 51.2 Å². The first-order valence-electron chi connectivity index (χ1n) is 8.05. The van der Waals surface area contributed by atoms with E-state index in [1.165, 1.54) is 0 Å². The SMILES string of the molecule is CCCNC(=O)N(C[C@H]1CCCO1)C1CCN(C)CC1. The van der Waals surface area contributed by atoms with E-state index >= 15 is 0 Å². The highest BCUT2D eigenvalue weighted by atomic mass is 16.5. The van der Waals surface area contributed by atoms with Crippen molar-refractivity contribution in [3.63, 3.8) is 0 Å². The molecular formula is C15H29N3O2. The van der Waals surface area contributed by atoms with Crippen LogP contribution in [0, 0.1) is 0 Å². The fraction of sp³-hybridized carbons (Fsp3) is 0.933. The van der Waals surface area contributed by atoms with Crippen molar-refractivity contribution in [3.05, 3.63) is 0 Å². The molecule has 20 heavy (non-hydrogen) atoms. The predicted molar refractivity (Wildman–Crippen MR) is 79.9 cm³/mol. The van der Waals surface area contributed by atoms with Crippen LogP contribution in [0.25, 0.3) is 0 Å². The monoisotopic (exact) mass is 283 g/mol. The molecule has 1 N–H and O–H groups in total. The van der Waals surface area contributed by atoms with E-state index in [1.54, 1.807) is 0 Å². The molecule has 0 aromatic heterocycles. The zero-order valence-corrected chi connectivity index (χ0v) is 12.9. The summed E-state index contributed by atoms with van der Waals surface area (Å²) in [5.74, 6) is 0. The van der Waals surface area contributed by atoms with Gasteiger partial charge in [-0.15, -0.1) is 0 Å². The molecule has 2 fully saturated rings. The lowest BCUT2D eigenvalue weighted by molar-refractivity contribution is 0.0570. The van der Waals surface area contributed by atoms with E-state index in [1.807, 2.05) is 4.90 Å². The Morgan fingerprint density at radius 3 is 2.70 bits per heavy atom. The Balaban J connectivity index is 1.92. The molecule has 0 unspecified atom stereocenters. The Kier molecular flexibility index (Phi) is 6.10. The van der Waals surface area contributed by atoms with Gasteiger partial charge in [0.05, 0.1) is 6.10 Å². The summed E-state index contributed by atoms with van der Waals surface area (Å²) in [6, 6.07) is 0.462. The van der Waals surface area contributed by atoms with E-state index < -0.39 is 0 Å². The first-order valence-corrected chi connectivity index (χ1v) is 8.05. The smallest absolute Gasteiger partial charge is 0.317 e. The normalized spacial score (nSPS) is 24.8. The van der Waals surface area contributed by atoms with Crippen molar-refractivity contribution in [3.8, 4) is 0 Å². The summed E-state index contributed by atoms with van der Waals surface area (Å²) in [6.07, 6.45) is 5.58. The van der Waals surface area contributed by atoms with Crippen LogP contribution in [0.3, 0.4) is 0 Å². The molecule has 0 aromatic rings. The fourth-order valence-electron chi connectivity index (χ4n) is 3.05. The Hall–Kier alpha value is -0.810. The third-order valence-corrected chi connectivity index (χ3v) is 4.34. The second kappa shape index (κ2) is 7.84. The van der Waals surface area contributed by atoms with E-state index in [4.69, 9.17) is 4.74 Å². The Morgan fingerprint density at radius 1 is 1.35 bits per heavy atom. The van der Waals surface area contributed by atoms with Crippen molar-refractivity contribution in [2.24, 2.45) is 0 Å². The number of amides is 2. The van der Waals surface area contributed by atoms with Crippen molar-refractivity contribution in [2.75, 3.05) is 39.8 Å². The summed E-state index contributed by atoms with van der Waals surface area (Å²) in [6.45, 7) is 6.60. The molecule has 2 aliphatic heterocycles. The van der Waals surface area contributed by atoms with Crippen LogP contribution < -0.4 is 5.32 Å². The number of piperidine rings is 1. The van der Waals surface area contributed by atoms with Crippen LogP contribution in [0.5, 0.6) is 0 Å². The number of rotatable bonds is 5. The van der Waals surface area contributed by atoms with Gasteiger partial charge in [0.15, 0.2) is 0 Å². The summed E-state index contributed by atoms with van der Waals surface area (Å²) in [5, 5.41) is 3.03. The number of ether oxygens (including phenoxy) is 1. The van der Waals surface area contributed by atoms with Gasteiger partial charge in [0.25, 0.3) is 0 Å². The van der Waals surface area contributed by atoms with Gasteiger partial charge >= 0.3 is 6.03 Å². The minimum Gasteiger partial charge on any atom is -0.376 e. The highest BCUT2D eigenvalue weighted by molar-refractivity contribution is 5.74. The Morgan fingerprint density at radius 2 is 2.10 bits per heavy atom. The van der Waals surface area contributed by atoms with Gasteiger partial charge in [0.2, 0.25) is 0 Å². The molecule has 2 rings (SSSR count). The average molecular weight is 283 g/mol. The van der Waals surface area contributed by atoms with Crippen LogP contribution in [0.2, 0.25) is 0 Å². The molecule has 5 heteroatoms. The topological polar surface area (TPSA) is 44.8 Å². The standard InChI is InChI=1S/C15H29N3O2/c1-3-8-16-15(19)18(12-14-5-4-11-20-14)13-6-9-17(2)10-7-13/h13-14H,3-12H2,1-2H3,(H,16,19)/t14-/m1/s1. The molecule has 0 spiro atoms. The maximum absolute atomic E-state index is 12.4. The number of urea groups is 1. The summed E-state index contributed by atoms with van der Waals surface area (Å²) in [4.78, 5) is 16.8. The quantitative estimate of drug-likeness (QED) is 0.835. The van der Waals surface area contributed by atoms with Crippen LogP contribution in [0.4, 0.5) is 4.79 Å². The fourth-order valence-corrected chi connectivity index (χ4v) is 3.05. The third-order valence-electron chi connectivity index (χ3n) is 4.34. The van der Waals surface area contributed by atoms with Crippen molar-refractivity contribution in [1.29, 1.82) is 0 Å². The third kappa shape index (κ3) is 4.35. The lowest BCUT2D eigenvalue weighted by Gasteiger charge is -2.38. The van der Waals surface area contributed by atoms with Gasteiger partial charge in [0.1, 0.15) is 0 Å². The second-order valence-electron chi connectivity index (χ2n) is 6.05. The summed E-state index contributed by atoms with van der Waals surface area (Å²) in [5.41, 5.74) is 0. The first kappa shape index (κ1) is 15.6. The van der Waals surface area contributed by atoms with Gasteiger partial charge in [0, 0.05) is 25.7 Å². The lowest BCUT2D eigenvalue weighted by atomic mass is 10.0. The highest BCUT2D eigenvalue weighted by Gasteiger charge is 2.30. The predicted octanol–water partition coefficient (Wildman–Crippen LogP) is 1.68. The number of nitrogens with one attached hydrogen (secondary N) is 1. The molecule has 0 aliphatic carbocycles. The maximum Gasteiger partial charge on any atom is 0.317 e. The van der Waals surface area contributed by atoms with Gasteiger partial charge < -0.3 is 19.9 Å². The minimum absolute atomic E-state index is 0.0944. The molecule has 0 aromatic carbocycles. The largest absolute Gasteiger partial charge is 0.376 e. The molecule has 1 atom stereocenters. The van der Waals surface area contributed by atoms with E-state index in [0.717, 1.165) is 64.9 Å². The molecule has 0 saturated carbocycles. The highest BCUT2D eigenvalue weighted by Crippen LogP contribution is 2.20. The zero-order valence-electron chi connectivity index (χ0n) is 12.9. The molecule has 2 amide bonds. The van der Waals surface area contributed by atoms with Crippen molar-refractivity contribution >= 4 is 6.03 Å². The number of carbonyl (C=O) groups is 1. The second-order valence-corrected chi connectivity index (χ2v) is 6.05. The number of hydrogen-bond donors (Lipinski definition) is 1. The molecule has 5 nitrogen and oxygen atoms in total. The molecular weight excluding hydrogens is 254 g/mol. The summed E-state index contributed by atoms with van der Waals surface area (Å²) < 4.78 is 5.72. The average Bonchev–Trinajstić information content (AvgIpc) is 2.96. The maximum atomic E-state index is 12.4. The minimum atomic E-state index is 0.0944. The van der Waals surface area contributed by atoms with E-state index in [2.05, 4.69) is 24.2 Å². The van der Waals surface area contributed by atoms with E-state index in [-0.39, 0.29) is 12.1 Å². The van der Waals surface area contributed by atoms with Crippen LogP contribution in [-0.4, -0.2) is 67.8 Å². The number of carbonyl (C=O) groups excluding carboxylic acids is 1. The van der Waals surface area contributed by atoms with E-state index in [0.29, 0.717) is 6.04 Å². The first-order chi connectivity index (χ1) is 9.70. The number of hydrogen-bond acceptors (Lipinski definition) is 3. The van der Waals surface area contributed by atoms with Crippen LogP contribution >= 0.6 is 0 Å². The van der Waals surface area contributed by atoms with Gasteiger partial charge in [-0.05, 0) is 52.2 Å². The molecule has 0 radical (unpaired) electrons. The van der Waals surface area contributed by atoms with Gasteiger partial charge in [-0.3, -0.25) is 0 Å². The molecule has 2 aliphatic rings. The van der Waals surface area contributed by atoms with Crippen LogP contribution in [0.1, 0.15) is 39.0 Å². The summed E-state index contributed by atoms with van der Waals surface area (Å²) >= 11 is 0. The van der Waals surface area contributed by atoms with E-state index in [9.17, 15) is 4.79 Å². The number of nitrogens with zero attached hydrogens (tertiary/aromatic N) is 2. The van der Waals surface area contributed by atoms with Crippen molar-refractivity contribution in [1.82, 2.24) is 15.1 Å². The van der Waals surface area contributed by atoms with Gasteiger partial charge in [-0.1, -0.05) is 6.92 Å². The molecule has 2 saturated heterocycles.